The number of rotatable bonds is 0. The molecular formula is C14H12. The average molecular weight is 180 g/mol. The van der Waals surface area contributed by atoms with Crippen LogP contribution >= 0.6 is 0 Å². The van der Waals surface area contributed by atoms with Crippen molar-refractivity contribution in [1.29, 1.82) is 0 Å². The van der Waals surface area contributed by atoms with Gasteiger partial charge in [-0.05, 0) is 58.7 Å². The summed E-state index contributed by atoms with van der Waals surface area (Å²) in [4.78, 5) is 0. The number of fused-ring (bicyclic) bond motifs is 2. The largest absolute Gasteiger partial charge is 0.0610 e. The number of benzene rings is 1. The van der Waals surface area contributed by atoms with E-state index in [4.69, 9.17) is 0 Å². The Kier molecular flexibility index (Phi) is 1.38. The molecule has 0 saturated carbocycles. The van der Waals surface area contributed by atoms with Gasteiger partial charge in [-0.3, -0.25) is 0 Å². The van der Waals surface area contributed by atoms with E-state index in [9.17, 15) is 0 Å². The smallest absolute Gasteiger partial charge is 0.0146 e. The Balaban J connectivity index is 2.41. The molecule has 0 bridgehead atoms. The summed E-state index contributed by atoms with van der Waals surface area (Å²) in [5.41, 5.74) is 5.57. The molecule has 0 unspecified atom stereocenters. The third kappa shape index (κ3) is 0.884. The van der Waals surface area contributed by atoms with Gasteiger partial charge < -0.3 is 0 Å². The Morgan fingerprint density at radius 3 is 2.71 bits per heavy atom. The quantitative estimate of drug-likeness (QED) is 0.573. The number of allylic oxidation sites excluding steroid dienone is 3. The van der Waals surface area contributed by atoms with Crippen molar-refractivity contribution in [3.63, 3.8) is 0 Å². The van der Waals surface area contributed by atoms with E-state index in [1.54, 1.807) is 0 Å². The molecule has 0 N–H and O–H groups in total. The van der Waals surface area contributed by atoms with Crippen molar-refractivity contribution < 1.29 is 0 Å². The minimum absolute atomic E-state index is 1.35. The SMILES string of the molecule is CC1=C(C)c2cc3c(cc2=C1)C=CC=3. The molecule has 0 radical (unpaired) electrons. The highest BCUT2D eigenvalue weighted by Gasteiger charge is 2.09. The van der Waals surface area contributed by atoms with Crippen LogP contribution in [0.25, 0.3) is 23.8 Å². The number of hydrogen-bond acceptors (Lipinski definition) is 0. The molecule has 0 aliphatic heterocycles. The van der Waals surface area contributed by atoms with Gasteiger partial charge >= 0.3 is 0 Å². The van der Waals surface area contributed by atoms with Gasteiger partial charge in [-0.2, -0.15) is 0 Å². The molecule has 0 nitrogen and oxygen atoms in total. The maximum Gasteiger partial charge on any atom is -0.0146 e. The summed E-state index contributed by atoms with van der Waals surface area (Å²) >= 11 is 0. The monoisotopic (exact) mass is 180 g/mol. The fourth-order valence-corrected chi connectivity index (χ4v) is 2.19. The van der Waals surface area contributed by atoms with Gasteiger partial charge in [0.05, 0.1) is 0 Å². The molecule has 68 valence electrons. The first kappa shape index (κ1) is 7.81. The zero-order valence-corrected chi connectivity index (χ0v) is 8.46. The van der Waals surface area contributed by atoms with Gasteiger partial charge in [-0.15, -0.1) is 0 Å². The minimum atomic E-state index is 1.35. The van der Waals surface area contributed by atoms with E-state index in [-0.39, 0.29) is 0 Å². The van der Waals surface area contributed by atoms with Crippen molar-refractivity contribution in [2.24, 2.45) is 0 Å². The Morgan fingerprint density at radius 2 is 1.86 bits per heavy atom. The van der Waals surface area contributed by atoms with Crippen LogP contribution in [0.3, 0.4) is 0 Å². The lowest BCUT2D eigenvalue weighted by atomic mass is 10.0. The lowest BCUT2D eigenvalue weighted by Crippen LogP contribution is -2.13. The summed E-state index contributed by atoms with van der Waals surface area (Å²) in [7, 11) is 0. The van der Waals surface area contributed by atoms with Crippen LogP contribution in [0.1, 0.15) is 25.0 Å². The summed E-state index contributed by atoms with van der Waals surface area (Å²) in [5.74, 6) is 0. The molecule has 0 heterocycles. The van der Waals surface area contributed by atoms with Crippen LogP contribution in [0.2, 0.25) is 0 Å². The van der Waals surface area contributed by atoms with Gasteiger partial charge in [0, 0.05) is 0 Å². The van der Waals surface area contributed by atoms with Crippen molar-refractivity contribution >= 4 is 23.8 Å². The van der Waals surface area contributed by atoms with Crippen LogP contribution in [0.5, 0.6) is 0 Å². The Hall–Kier alpha value is -1.56. The van der Waals surface area contributed by atoms with E-state index in [1.165, 1.54) is 32.7 Å². The molecule has 3 rings (SSSR count). The molecule has 1 aromatic carbocycles. The van der Waals surface area contributed by atoms with Crippen molar-refractivity contribution in [1.82, 2.24) is 0 Å². The molecule has 0 spiro atoms. The summed E-state index contributed by atoms with van der Waals surface area (Å²) in [6.45, 7) is 4.38. The summed E-state index contributed by atoms with van der Waals surface area (Å²) in [6, 6.07) is 4.58. The van der Waals surface area contributed by atoms with E-state index in [1.807, 2.05) is 0 Å². The van der Waals surface area contributed by atoms with Crippen LogP contribution in [0.4, 0.5) is 0 Å². The van der Waals surface area contributed by atoms with Gasteiger partial charge in [0.1, 0.15) is 0 Å². The first-order valence-electron chi connectivity index (χ1n) is 4.98. The summed E-state index contributed by atoms with van der Waals surface area (Å²) in [6.07, 6.45) is 8.74. The van der Waals surface area contributed by atoms with Crippen LogP contribution in [-0.4, -0.2) is 0 Å². The first-order chi connectivity index (χ1) is 6.75. The summed E-state index contributed by atoms with van der Waals surface area (Å²) < 4.78 is 0. The van der Waals surface area contributed by atoms with Gasteiger partial charge in [0.15, 0.2) is 0 Å². The van der Waals surface area contributed by atoms with Gasteiger partial charge in [0.2, 0.25) is 0 Å². The van der Waals surface area contributed by atoms with Crippen LogP contribution in [-0.2, 0) is 0 Å². The Labute approximate surface area is 83.6 Å². The van der Waals surface area contributed by atoms with E-state index in [2.05, 4.69) is 50.3 Å². The predicted molar refractivity (Wildman–Crippen MR) is 61.9 cm³/mol. The highest BCUT2D eigenvalue weighted by molar-refractivity contribution is 5.82. The van der Waals surface area contributed by atoms with Gasteiger partial charge in [0.25, 0.3) is 0 Å². The van der Waals surface area contributed by atoms with Gasteiger partial charge in [-0.1, -0.05) is 24.3 Å². The second kappa shape index (κ2) is 2.48. The lowest BCUT2D eigenvalue weighted by Gasteiger charge is -2.00. The second-order valence-electron chi connectivity index (χ2n) is 4.05. The average Bonchev–Trinajstić information content (AvgIpc) is 2.70. The normalized spacial score (nSPS) is 16.4. The highest BCUT2D eigenvalue weighted by Crippen LogP contribution is 2.20. The van der Waals surface area contributed by atoms with Crippen molar-refractivity contribution in [3.05, 3.63) is 45.3 Å². The zero-order valence-electron chi connectivity index (χ0n) is 8.46. The first-order valence-corrected chi connectivity index (χ1v) is 4.98. The zero-order chi connectivity index (χ0) is 9.71. The molecule has 0 amide bonds. The van der Waals surface area contributed by atoms with E-state index in [0.29, 0.717) is 0 Å². The van der Waals surface area contributed by atoms with Gasteiger partial charge in [-0.25, -0.2) is 0 Å². The fraction of sp³-hybridized carbons (Fsp3) is 0.143. The molecule has 2 aliphatic rings. The maximum atomic E-state index is 2.30. The molecule has 0 aromatic heterocycles. The van der Waals surface area contributed by atoms with Crippen LogP contribution < -0.4 is 10.4 Å². The van der Waals surface area contributed by atoms with E-state index >= 15 is 0 Å². The lowest BCUT2D eigenvalue weighted by molar-refractivity contribution is 1.47. The Morgan fingerprint density at radius 1 is 1.00 bits per heavy atom. The highest BCUT2D eigenvalue weighted by atomic mass is 14.1. The van der Waals surface area contributed by atoms with Crippen LogP contribution in [0.15, 0.2) is 23.8 Å². The molecule has 0 heteroatoms. The van der Waals surface area contributed by atoms with Crippen molar-refractivity contribution in [2.45, 2.75) is 13.8 Å². The second-order valence-corrected chi connectivity index (χ2v) is 4.05. The minimum Gasteiger partial charge on any atom is -0.0610 e. The number of hydrogen-bond donors (Lipinski definition) is 0. The predicted octanol–water partition coefficient (Wildman–Crippen LogP) is 2.08. The topological polar surface area (TPSA) is 0 Å². The molecule has 1 aromatic rings. The molecule has 0 fully saturated rings. The maximum absolute atomic E-state index is 2.30. The Bertz CT molecular complexity index is 596. The third-order valence-electron chi connectivity index (χ3n) is 3.17. The summed E-state index contributed by atoms with van der Waals surface area (Å²) in [5, 5.41) is 2.73. The fourth-order valence-electron chi connectivity index (χ4n) is 2.19. The van der Waals surface area contributed by atoms with Crippen LogP contribution in [0, 0.1) is 0 Å². The molecule has 0 saturated heterocycles. The molecule has 0 atom stereocenters. The molecular weight excluding hydrogens is 168 g/mol. The third-order valence-corrected chi connectivity index (χ3v) is 3.17. The molecule has 14 heavy (non-hydrogen) atoms. The molecule has 2 aliphatic carbocycles. The van der Waals surface area contributed by atoms with E-state index in [0.717, 1.165) is 0 Å². The van der Waals surface area contributed by atoms with E-state index < -0.39 is 0 Å². The standard InChI is InChI=1S/C14H12/c1-9-6-13-7-11-4-3-5-12(11)8-14(13)10(9)2/h3-8H,1-2H3. The van der Waals surface area contributed by atoms with Crippen molar-refractivity contribution in [3.8, 4) is 0 Å². The van der Waals surface area contributed by atoms with Crippen molar-refractivity contribution in [2.75, 3.05) is 0 Å².